The Kier molecular flexibility index (Phi) is 7.14. The molecule has 1 unspecified atom stereocenters. The Labute approximate surface area is 201 Å². The summed E-state index contributed by atoms with van der Waals surface area (Å²) in [7, 11) is 0. The maximum absolute atomic E-state index is 15.0. The van der Waals surface area contributed by atoms with Crippen molar-refractivity contribution in [2.45, 2.75) is 25.0 Å². The minimum atomic E-state index is -1.64. The van der Waals surface area contributed by atoms with Crippen LogP contribution >= 0.6 is 0 Å². The second kappa shape index (κ2) is 10.2. The molecule has 1 aliphatic heterocycles. The van der Waals surface area contributed by atoms with Crippen molar-refractivity contribution in [1.82, 2.24) is 10.3 Å². The lowest BCUT2D eigenvalue weighted by molar-refractivity contribution is -0.0272. The predicted molar refractivity (Wildman–Crippen MR) is 129 cm³/mol. The molecule has 1 aliphatic rings. The largest absolute Gasteiger partial charge is 0.394 e. The van der Waals surface area contributed by atoms with E-state index in [1.807, 2.05) is 0 Å². The zero-order valence-electron chi connectivity index (χ0n) is 19.1. The normalized spacial score (nSPS) is 15.7. The summed E-state index contributed by atoms with van der Waals surface area (Å²) in [5.74, 6) is -1.67. The van der Waals surface area contributed by atoms with Crippen molar-refractivity contribution < 1.29 is 23.8 Å². The lowest BCUT2D eigenvalue weighted by Gasteiger charge is -2.34. The zero-order valence-corrected chi connectivity index (χ0v) is 19.1. The van der Waals surface area contributed by atoms with Crippen molar-refractivity contribution in [3.05, 3.63) is 107 Å². The van der Waals surface area contributed by atoms with Gasteiger partial charge in [-0.2, -0.15) is 0 Å². The molecule has 3 aromatic rings. The summed E-state index contributed by atoms with van der Waals surface area (Å²) in [6.45, 7) is 1.41. The molecule has 0 spiro atoms. The third-order valence-electron chi connectivity index (χ3n) is 6.17. The first-order chi connectivity index (χ1) is 16.9. The highest BCUT2D eigenvalue weighted by molar-refractivity contribution is 6.19. The standard InChI is InChI=1S/C27H25F2N3O3/c1-2-27(35,23-8-3-4-13-30-23)24(16-33)32-26(34)20-6-5-7-21(29)25(20)22-14-18(15-31-22)17-9-11-19(28)12-10-17/h3-14,24,33,35H,2,15-16H2,1H3,(H,32,34)/t24-,27?/m0/s1. The van der Waals surface area contributed by atoms with E-state index in [1.54, 1.807) is 43.3 Å². The van der Waals surface area contributed by atoms with Gasteiger partial charge in [0.25, 0.3) is 5.91 Å². The summed E-state index contributed by atoms with van der Waals surface area (Å²) in [5, 5.41) is 24.0. The zero-order chi connectivity index (χ0) is 25.0. The first-order valence-electron chi connectivity index (χ1n) is 11.2. The van der Waals surface area contributed by atoms with Crippen LogP contribution in [0.2, 0.25) is 0 Å². The number of allylic oxidation sites excluding steroid dienone is 1. The monoisotopic (exact) mass is 477 g/mol. The number of aliphatic hydroxyl groups is 2. The van der Waals surface area contributed by atoms with Crippen LogP contribution in [-0.2, 0) is 5.60 Å². The van der Waals surface area contributed by atoms with Crippen LogP contribution in [0.15, 0.2) is 77.9 Å². The molecule has 0 fully saturated rings. The average Bonchev–Trinajstić information content (AvgIpc) is 3.37. The fourth-order valence-electron chi connectivity index (χ4n) is 4.17. The Balaban J connectivity index is 1.64. The van der Waals surface area contributed by atoms with Gasteiger partial charge >= 0.3 is 0 Å². The van der Waals surface area contributed by atoms with E-state index in [2.05, 4.69) is 15.3 Å². The Hall–Kier alpha value is -3.75. The molecule has 1 amide bonds. The first-order valence-corrected chi connectivity index (χ1v) is 11.2. The van der Waals surface area contributed by atoms with Crippen molar-refractivity contribution in [3.8, 4) is 0 Å². The van der Waals surface area contributed by atoms with E-state index in [-0.39, 0.29) is 35.6 Å². The number of aromatic nitrogens is 1. The summed E-state index contributed by atoms with van der Waals surface area (Å²) < 4.78 is 28.3. The molecule has 0 bridgehead atoms. The Bertz CT molecular complexity index is 1280. The molecule has 0 saturated heterocycles. The van der Waals surface area contributed by atoms with E-state index in [0.29, 0.717) is 5.69 Å². The quantitative estimate of drug-likeness (QED) is 0.462. The molecule has 4 rings (SSSR count). The van der Waals surface area contributed by atoms with Crippen molar-refractivity contribution in [2.24, 2.45) is 4.99 Å². The fourth-order valence-corrected chi connectivity index (χ4v) is 4.17. The van der Waals surface area contributed by atoms with Gasteiger partial charge in [-0.1, -0.05) is 31.2 Å². The van der Waals surface area contributed by atoms with Crippen LogP contribution < -0.4 is 5.32 Å². The maximum Gasteiger partial charge on any atom is 0.252 e. The first kappa shape index (κ1) is 24.4. The van der Waals surface area contributed by atoms with E-state index >= 15 is 0 Å². The summed E-state index contributed by atoms with van der Waals surface area (Å²) in [6.07, 6.45) is 3.35. The van der Waals surface area contributed by atoms with E-state index in [1.165, 1.54) is 36.5 Å². The van der Waals surface area contributed by atoms with Gasteiger partial charge in [0.1, 0.15) is 17.2 Å². The van der Waals surface area contributed by atoms with E-state index in [0.717, 1.165) is 11.1 Å². The van der Waals surface area contributed by atoms with Crippen LogP contribution in [-0.4, -0.2) is 46.0 Å². The van der Waals surface area contributed by atoms with Gasteiger partial charge in [-0.3, -0.25) is 14.8 Å². The number of amides is 1. The number of benzene rings is 2. The molecule has 1 aromatic heterocycles. The highest BCUT2D eigenvalue weighted by Crippen LogP contribution is 2.29. The molecule has 180 valence electrons. The van der Waals surface area contributed by atoms with Crippen LogP contribution in [0.5, 0.6) is 0 Å². The third-order valence-corrected chi connectivity index (χ3v) is 6.17. The minimum Gasteiger partial charge on any atom is -0.394 e. The number of halogens is 2. The van der Waals surface area contributed by atoms with Gasteiger partial charge in [-0.05, 0) is 60.0 Å². The third kappa shape index (κ3) is 4.89. The van der Waals surface area contributed by atoms with Crippen LogP contribution in [0.1, 0.15) is 40.5 Å². The van der Waals surface area contributed by atoms with Gasteiger partial charge in [0.2, 0.25) is 0 Å². The van der Waals surface area contributed by atoms with Gasteiger partial charge in [-0.25, -0.2) is 8.78 Å². The van der Waals surface area contributed by atoms with Crippen molar-refractivity contribution in [1.29, 1.82) is 0 Å². The minimum absolute atomic E-state index is 0.0108. The van der Waals surface area contributed by atoms with Gasteiger partial charge in [-0.15, -0.1) is 0 Å². The molecule has 0 saturated carbocycles. The van der Waals surface area contributed by atoms with Crippen molar-refractivity contribution in [2.75, 3.05) is 13.2 Å². The van der Waals surface area contributed by atoms with Gasteiger partial charge in [0.15, 0.2) is 0 Å². The molecule has 0 radical (unpaired) electrons. The molecule has 35 heavy (non-hydrogen) atoms. The molecule has 6 nitrogen and oxygen atoms in total. The Morgan fingerprint density at radius 3 is 2.54 bits per heavy atom. The fraction of sp³-hybridized carbons (Fsp3) is 0.222. The number of nitrogens with one attached hydrogen (secondary N) is 1. The topological polar surface area (TPSA) is 94.8 Å². The highest BCUT2D eigenvalue weighted by atomic mass is 19.1. The molecule has 3 N–H and O–H groups in total. The lowest BCUT2D eigenvalue weighted by atomic mass is 9.87. The van der Waals surface area contributed by atoms with Crippen molar-refractivity contribution in [3.63, 3.8) is 0 Å². The number of carbonyl (C=O) groups excluding carboxylic acids is 1. The average molecular weight is 478 g/mol. The second-order valence-electron chi connectivity index (χ2n) is 8.24. The van der Waals surface area contributed by atoms with Gasteiger partial charge in [0, 0.05) is 11.8 Å². The smallest absolute Gasteiger partial charge is 0.252 e. The van der Waals surface area contributed by atoms with E-state index < -0.39 is 30.0 Å². The van der Waals surface area contributed by atoms with Crippen LogP contribution in [0, 0.1) is 11.6 Å². The maximum atomic E-state index is 15.0. The van der Waals surface area contributed by atoms with Gasteiger partial charge in [0.05, 0.1) is 36.2 Å². The number of hydrogen-bond acceptors (Lipinski definition) is 5. The summed E-state index contributed by atoms with van der Waals surface area (Å²) in [5.41, 5.74) is 0.473. The Morgan fingerprint density at radius 2 is 1.89 bits per heavy atom. The molecule has 2 aromatic carbocycles. The lowest BCUT2D eigenvalue weighted by Crippen LogP contribution is -2.53. The summed E-state index contributed by atoms with van der Waals surface area (Å²) in [6, 6.07) is 13.9. The molecular weight excluding hydrogens is 452 g/mol. The summed E-state index contributed by atoms with van der Waals surface area (Å²) >= 11 is 0. The van der Waals surface area contributed by atoms with Gasteiger partial charge < -0.3 is 15.5 Å². The van der Waals surface area contributed by atoms with Crippen LogP contribution in [0.3, 0.4) is 0 Å². The second-order valence-corrected chi connectivity index (χ2v) is 8.24. The van der Waals surface area contributed by atoms with Crippen molar-refractivity contribution >= 4 is 17.2 Å². The van der Waals surface area contributed by atoms with Crippen LogP contribution in [0.25, 0.3) is 5.57 Å². The predicted octanol–water partition coefficient (Wildman–Crippen LogP) is 3.63. The summed E-state index contributed by atoms with van der Waals surface area (Å²) in [4.78, 5) is 21.9. The number of aliphatic imine (C=N–C) groups is 1. The number of aliphatic hydroxyl groups excluding tert-OH is 1. The number of carbonyl (C=O) groups is 1. The Morgan fingerprint density at radius 1 is 1.11 bits per heavy atom. The molecule has 2 heterocycles. The number of nitrogens with zero attached hydrogens (tertiary/aromatic N) is 2. The molecule has 2 atom stereocenters. The highest BCUT2D eigenvalue weighted by Gasteiger charge is 2.39. The van der Waals surface area contributed by atoms with Crippen LogP contribution in [0.4, 0.5) is 8.78 Å². The number of hydrogen-bond donors (Lipinski definition) is 3. The molecule has 8 heteroatoms. The SMILES string of the molecule is CCC(O)(c1ccccn1)[C@H](CO)NC(=O)c1cccc(F)c1C1=NCC(c2ccc(F)cc2)=C1. The van der Waals surface area contributed by atoms with E-state index in [9.17, 15) is 23.8 Å². The van der Waals surface area contributed by atoms with E-state index in [4.69, 9.17) is 0 Å². The molecule has 0 aliphatic carbocycles. The molecular formula is C27H25F2N3O3. The number of pyridine rings is 1. The number of rotatable bonds is 8.